The van der Waals surface area contributed by atoms with Gasteiger partial charge in [-0.2, -0.15) is 5.10 Å². The fourth-order valence-electron chi connectivity index (χ4n) is 2.78. The van der Waals surface area contributed by atoms with Crippen molar-refractivity contribution in [1.82, 2.24) is 23.6 Å². The van der Waals surface area contributed by atoms with Crippen LogP contribution in [0.25, 0.3) is 11.0 Å². The van der Waals surface area contributed by atoms with Crippen LogP contribution in [0.4, 0.5) is 0 Å². The van der Waals surface area contributed by atoms with Crippen LogP contribution in [0.1, 0.15) is 23.8 Å². The van der Waals surface area contributed by atoms with Crippen molar-refractivity contribution in [3.05, 3.63) is 45.6 Å². The van der Waals surface area contributed by atoms with E-state index < -0.39 is 15.9 Å². The van der Waals surface area contributed by atoms with Crippen molar-refractivity contribution in [3.8, 4) is 0 Å². The molecule has 0 aliphatic heterocycles. The summed E-state index contributed by atoms with van der Waals surface area (Å²) in [5.41, 5.74) is 0.566. The van der Waals surface area contributed by atoms with E-state index in [1.54, 1.807) is 14.1 Å². The van der Waals surface area contributed by atoms with Crippen LogP contribution in [0.5, 0.6) is 0 Å². The minimum atomic E-state index is -4.17. The Morgan fingerprint density at radius 2 is 1.89 bits per heavy atom. The maximum absolute atomic E-state index is 12.6. The molecule has 0 radical (unpaired) electrons. The van der Waals surface area contributed by atoms with Gasteiger partial charge in [0, 0.05) is 26.8 Å². The first-order valence-electron chi connectivity index (χ1n) is 8.11. The van der Waals surface area contributed by atoms with Gasteiger partial charge in [0.2, 0.25) is 0 Å². The summed E-state index contributed by atoms with van der Waals surface area (Å²) in [5, 5.41) is 4.08. The highest BCUT2D eigenvalue weighted by Gasteiger charge is 2.24. The summed E-state index contributed by atoms with van der Waals surface area (Å²) in [4.78, 5) is 24.2. The predicted molar refractivity (Wildman–Crippen MR) is 100 cm³/mol. The number of sulfonamides is 1. The molecule has 0 saturated heterocycles. The van der Waals surface area contributed by atoms with Crippen molar-refractivity contribution in [1.29, 1.82) is 0 Å². The minimum Gasteiger partial charge on any atom is -0.295 e. The van der Waals surface area contributed by atoms with Crippen LogP contribution in [0.15, 0.2) is 34.1 Å². The molecule has 0 atom stereocenters. The lowest BCUT2D eigenvalue weighted by atomic mass is 10.3. The number of hydrogen-bond acceptors (Lipinski definition) is 5. The number of carbonyl (C=O) groups is 1. The third-order valence-corrected chi connectivity index (χ3v) is 5.77. The first kappa shape index (κ1) is 19.2. The molecule has 1 N–H and O–H groups in total. The van der Waals surface area contributed by atoms with E-state index in [2.05, 4.69) is 5.10 Å². The van der Waals surface area contributed by atoms with Crippen molar-refractivity contribution < 1.29 is 13.2 Å². The number of aryl methyl sites for hydroxylation is 3. The van der Waals surface area contributed by atoms with E-state index in [1.807, 2.05) is 11.6 Å². The second kappa shape index (κ2) is 6.86. The smallest absolute Gasteiger partial charge is 0.295 e. The van der Waals surface area contributed by atoms with Gasteiger partial charge >= 0.3 is 5.69 Å². The summed E-state index contributed by atoms with van der Waals surface area (Å²) < 4.78 is 31.4. The Balaban J connectivity index is 1.95. The summed E-state index contributed by atoms with van der Waals surface area (Å²) in [7, 11) is -1.04. The predicted octanol–water partition coefficient (Wildman–Crippen LogP) is 1.26. The molecule has 9 nitrogen and oxygen atoms in total. The molecule has 0 spiro atoms. The number of benzene rings is 1. The van der Waals surface area contributed by atoms with Gasteiger partial charge in [0.05, 0.1) is 21.0 Å². The Labute approximate surface area is 160 Å². The van der Waals surface area contributed by atoms with Crippen molar-refractivity contribution in [2.45, 2.75) is 24.8 Å². The minimum absolute atomic E-state index is 0.0667. The van der Waals surface area contributed by atoms with Crippen LogP contribution < -0.4 is 10.4 Å². The number of aromatic nitrogens is 4. The summed E-state index contributed by atoms with van der Waals surface area (Å²) in [6.45, 7) is 2.49. The zero-order valence-corrected chi connectivity index (χ0v) is 16.5. The number of hydrogen-bond donors (Lipinski definition) is 1. The lowest BCUT2D eigenvalue weighted by Gasteiger charge is -2.06. The molecule has 0 bridgehead atoms. The Bertz CT molecular complexity index is 1210. The van der Waals surface area contributed by atoms with Gasteiger partial charge in [-0.25, -0.2) is 17.9 Å². The van der Waals surface area contributed by atoms with E-state index in [1.165, 1.54) is 38.2 Å². The van der Waals surface area contributed by atoms with Gasteiger partial charge < -0.3 is 0 Å². The third-order valence-electron chi connectivity index (χ3n) is 4.17. The quantitative estimate of drug-likeness (QED) is 0.679. The van der Waals surface area contributed by atoms with Crippen molar-refractivity contribution in [2.75, 3.05) is 0 Å². The van der Waals surface area contributed by atoms with Crippen LogP contribution in [0.3, 0.4) is 0 Å². The van der Waals surface area contributed by atoms with Crippen LogP contribution >= 0.6 is 11.6 Å². The molecule has 0 aliphatic carbocycles. The second-order valence-corrected chi connectivity index (χ2v) is 8.16. The molecule has 3 aromatic rings. The average molecular weight is 412 g/mol. The van der Waals surface area contributed by atoms with E-state index in [-0.39, 0.29) is 21.3 Å². The van der Waals surface area contributed by atoms with Crippen LogP contribution in [-0.2, 0) is 30.7 Å². The van der Waals surface area contributed by atoms with Crippen molar-refractivity contribution >= 4 is 38.6 Å². The summed E-state index contributed by atoms with van der Waals surface area (Å²) in [5.74, 6) is -0.920. The number of carbonyl (C=O) groups excluding carboxylic acids is 1. The number of fused-ring (bicyclic) bond motifs is 1. The number of rotatable bonds is 5. The molecule has 1 amide bonds. The molecule has 11 heteroatoms. The molecule has 1 aromatic carbocycles. The van der Waals surface area contributed by atoms with Crippen LogP contribution in [-0.4, -0.2) is 33.2 Å². The maximum atomic E-state index is 12.6. The summed E-state index contributed by atoms with van der Waals surface area (Å²) in [6.07, 6.45) is 2.26. The lowest BCUT2D eigenvalue weighted by molar-refractivity contribution is 0.0976. The SMILES string of the molecule is CCCn1cc(Cl)c(C(=O)NS(=O)(=O)c2ccc3c(c2)n(C)c(=O)n3C)n1. The topological polar surface area (TPSA) is 108 Å². The monoisotopic (exact) mass is 411 g/mol. The number of amides is 1. The Morgan fingerprint density at radius 3 is 2.56 bits per heavy atom. The number of imidazole rings is 1. The fraction of sp³-hybridized carbons (Fsp3) is 0.312. The zero-order chi connectivity index (χ0) is 19.9. The lowest BCUT2D eigenvalue weighted by Crippen LogP contribution is -2.31. The molecule has 27 heavy (non-hydrogen) atoms. The van der Waals surface area contributed by atoms with E-state index in [0.717, 1.165) is 6.42 Å². The largest absolute Gasteiger partial charge is 0.328 e. The molecular formula is C16H18ClN5O4S. The highest BCUT2D eigenvalue weighted by Crippen LogP contribution is 2.19. The molecule has 0 aliphatic rings. The first-order chi connectivity index (χ1) is 12.7. The summed E-state index contributed by atoms with van der Waals surface area (Å²) in [6, 6.07) is 4.18. The molecule has 2 heterocycles. The van der Waals surface area contributed by atoms with Gasteiger partial charge in [-0.1, -0.05) is 18.5 Å². The molecule has 2 aromatic heterocycles. The molecule has 144 valence electrons. The van der Waals surface area contributed by atoms with Crippen LogP contribution in [0.2, 0.25) is 5.02 Å². The van der Waals surface area contributed by atoms with E-state index >= 15 is 0 Å². The Hall–Kier alpha value is -2.59. The van der Waals surface area contributed by atoms with Gasteiger partial charge in [-0.3, -0.25) is 18.6 Å². The van der Waals surface area contributed by atoms with Crippen molar-refractivity contribution in [2.24, 2.45) is 14.1 Å². The standard InChI is InChI=1S/C16H18ClN5O4S/c1-4-7-22-9-11(17)14(18-22)15(23)19-27(25,26)10-5-6-12-13(8-10)21(3)16(24)20(12)2/h5-6,8-9H,4,7H2,1-3H3,(H,19,23). The van der Waals surface area contributed by atoms with Gasteiger partial charge in [0.1, 0.15) is 0 Å². The number of nitrogens with one attached hydrogen (secondary N) is 1. The molecule has 3 rings (SSSR count). The second-order valence-electron chi connectivity index (χ2n) is 6.07. The number of halogens is 1. The van der Waals surface area contributed by atoms with Gasteiger partial charge in [-0.05, 0) is 24.6 Å². The first-order valence-corrected chi connectivity index (χ1v) is 9.97. The molecular weight excluding hydrogens is 394 g/mol. The Morgan fingerprint density at radius 1 is 1.22 bits per heavy atom. The molecule has 0 fully saturated rings. The third kappa shape index (κ3) is 3.37. The van der Waals surface area contributed by atoms with Gasteiger partial charge in [-0.15, -0.1) is 0 Å². The Kier molecular flexibility index (Phi) is 4.87. The molecule has 0 saturated carbocycles. The number of nitrogens with zero attached hydrogens (tertiary/aromatic N) is 4. The van der Waals surface area contributed by atoms with E-state index in [4.69, 9.17) is 11.6 Å². The van der Waals surface area contributed by atoms with Gasteiger partial charge in [0.15, 0.2) is 5.69 Å². The molecule has 0 unspecified atom stereocenters. The van der Waals surface area contributed by atoms with E-state index in [0.29, 0.717) is 17.6 Å². The van der Waals surface area contributed by atoms with Gasteiger partial charge in [0.25, 0.3) is 15.9 Å². The highest BCUT2D eigenvalue weighted by atomic mass is 35.5. The normalized spacial score (nSPS) is 11.9. The fourth-order valence-corrected chi connectivity index (χ4v) is 3.99. The van der Waals surface area contributed by atoms with E-state index in [9.17, 15) is 18.0 Å². The zero-order valence-electron chi connectivity index (χ0n) is 14.9. The maximum Gasteiger partial charge on any atom is 0.328 e. The van der Waals surface area contributed by atoms with Crippen molar-refractivity contribution in [3.63, 3.8) is 0 Å². The average Bonchev–Trinajstić information content (AvgIpc) is 3.08. The summed E-state index contributed by atoms with van der Waals surface area (Å²) >= 11 is 5.99. The van der Waals surface area contributed by atoms with Crippen LogP contribution in [0, 0.1) is 0 Å². The highest BCUT2D eigenvalue weighted by molar-refractivity contribution is 7.90.